The van der Waals surface area contributed by atoms with Gasteiger partial charge in [-0.1, -0.05) is 32.6 Å². The summed E-state index contributed by atoms with van der Waals surface area (Å²) in [6.45, 7) is 5.75. The van der Waals surface area contributed by atoms with Crippen molar-refractivity contribution in [1.82, 2.24) is 0 Å². The van der Waals surface area contributed by atoms with Gasteiger partial charge in [-0.25, -0.2) is 6.61 Å². The van der Waals surface area contributed by atoms with Crippen molar-refractivity contribution in [3.05, 3.63) is 6.61 Å². The van der Waals surface area contributed by atoms with Crippen molar-refractivity contribution in [2.45, 2.75) is 33.1 Å². The molecular weight excluding hydrogens is 328 g/mol. The van der Waals surface area contributed by atoms with E-state index in [1.54, 1.807) is 0 Å². The maximum atomic E-state index is 8.76. The minimum absolute atomic E-state index is 0. The molecular formula is C9H21Na2O7P2+3. The molecule has 1 fully saturated rings. The zero-order valence-corrected chi connectivity index (χ0v) is 18.2. The van der Waals surface area contributed by atoms with Gasteiger partial charge >= 0.3 is 75.6 Å². The van der Waals surface area contributed by atoms with Crippen LogP contribution in [0.1, 0.15) is 33.1 Å². The van der Waals surface area contributed by atoms with Crippen LogP contribution in [-0.2, 0) is 9.13 Å². The van der Waals surface area contributed by atoms with Crippen LogP contribution < -0.4 is 59.1 Å². The van der Waals surface area contributed by atoms with E-state index in [9.17, 15) is 0 Å². The molecule has 20 heavy (non-hydrogen) atoms. The number of rotatable bonds is 2. The molecule has 108 valence electrons. The van der Waals surface area contributed by atoms with Gasteiger partial charge in [0.25, 0.3) is 0 Å². The fourth-order valence-electron chi connectivity index (χ4n) is 1.85. The molecule has 0 saturated heterocycles. The second-order valence-electron chi connectivity index (χ2n) is 4.19. The predicted molar refractivity (Wildman–Crippen MR) is 66.0 cm³/mol. The number of aliphatic hydroxyl groups excluding tert-OH is 1. The van der Waals surface area contributed by atoms with E-state index < -0.39 is 16.5 Å². The third-order valence-corrected chi connectivity index (χ3v) is 2.71. The molecule has 0 aromatic rings. The Hall–Kier alpha value is 2.00. The molecule has 1 aliphatic rings. The standard InChI is InChI=1S/C9H17O.2Na.2HO3P/c1-7-3-4-9(5-7)8(2)6-10;;;2*1-4(2)3/h6-10H,3-5H2,1-2H3;;;2*(H-,1,2,3)/q-1;2*+1;;/p+2. The van der Waals surface area contributed by atoms with Gasteiger partial charge in [0.1, 0.15) is 0 Å². The smallest absolute Gasteiger partial charge is 0.566 e. The van der Waals surface area contributed by atoms with Gasteiger partial charge in [-0.05, 0) is 12.3 Å². The Morgan fingerprint density at radius 1 is 1.05 bits per heavy atom. The summed E-state index contributed by atoms with van der Waals surface area (Å²) in [5.41, 5.74) is 0. The van der Waals surface area contributed by atoms with E-state index in [-0.39, 0.29) is 59.1 Å². The third-order valence-electron chi connectivity index (χ3n) is 2.71. The van der Waals surface area contributed by atoms with E-state index in [4.69, 9.17) is 33.8 Å². The summed E-state index contributed by atoms with van der Waals surface area (Å²) in [5, 5.41) is 8.76. The molecule has 0 amide bonds. The summed E-state index contributed by atoms with van der Waals surface area (Å²) in [4.78, 5) is 28.5. The first-order valence-electron chi connectivity index (χ1n) is 5.38. The Morgan fingerprint density at radius 2 is 1.40 bits per heavy atom. The molecule has 3 atom stereocenters. The normalized spacial score (nSPS) is 20.8. The zero-order chi connectivity index (χ0) is 14.7. The molecule has 3 unspecified atom stereocenters. The Labute approximate surface area is 165 Å². The van der Waals surface area contributed by atoms with E-state index in [1.165, 1.54) is 25.9 Å². The van der Waals surface area contributed by atoms with Crippen LogP contribution in [0.3, 0.4) is 0 Å². The fraction of sp³-hybridized carbons (Fsp3) is 0.889. The summed E-state index contributed by atoms with van der Waals surface area (Å²) in [6.07, 6.45) is 3.96. The van der Waals surface area contributed by atoms with Crippen LogP contribution in [0.5, 0.6) is 0 Å². The van der Waals surface area contributed by atoms with Crippen molar-refractivity contribution in [2.75, 3.05) is 0 Å². The number of hydrogen-bond acceptors (Lipinski definition) is 3. The quantitative estimate of drug-likeness (QED) is 0.194. The minimum atomic E-state index is -2.87. The monoisotopic (exact) mass is 349 g/mol. The van der Waals surface area contributed by atoms with Gasteiger partial charge in [0.15, 0.2) is 0 Å². The summed E-state index contributed by atoms with van der Waals surface area (Å²) < 4.78 is 17.4. The summed E-state index contributed by atoms with van der Waals surface area (Å²) in [5.74, 6) is 2.04. The van der Waals surface area contributed by atoms with Crippen molar-refractivity contribution in [3.63, 3.8) is 0 Å². The second kappa shape index (κ2) is 19.0. The first kappa shape index (κ1) is 29.9. The van der Waals surface area contributed by atoms with Crippen LogP contribution in [0.25, 0.3) is 0 Å². The van der Waals surface area contributed by atoms with Crippen LogP contribution in [0.2, 0.25) is 0 Å². The molecule has 0 heterocycles. The van der Waals surface area contributed by atoms with Crippen LogP contribution in [0.4, 0.5) is 0 Å². The molecule has 0 aromatic heterocycles. The van der Waals surface area contributed by atoms with Crippen molar-refractivity contribution >= 4 is 16.5 Å². The fourth-order valence-corrected chi connectivity index (χ4v) is 1.85. The Kier molecular flexibility index (Phi) is 28.5. The third kappa shape index (κ3) is 25.0. The second-order valence-corrected chi connectivity index (χ2v) is 5.20. The number of aliphatic hydroxyl groups is 1. The molecule has 11 heteroatoms. The molecule has 0 aliphatic heterocycles. The average molecular weight is 349 g/mol. The van der Waals surface area contributed by atoms with E-state index in [2.05, 4.69) is 13.8 Å². The van der Waals surface area contributed by atoms with Gasteiger partial charge in [0.2, 0.25) is 0 Å². The van der Waals surface area contributed by atoms with Gasteiger partial charge in [-0.2, -0.15) is 0 Å². The molecule has 5 N–H and O–H groups in total. The Bertz CT molecular complexity index is 238. The van der Waals surface area contributed by atoms with Gasteiger partial charge in [-0.3, -0.25) is 0 Å². The predicted octanol–water partition coefficient (Wildman–Crippen LogP) is -4.14. The van der Waals surface area contributed by atoms with E-state index in [1.807, 2.05) is 0 Å². The van der Waals surface area contributed by atoms with Gasteiger partial charge in [0, 0.05) is 9.13 Å². The topological polar surface area (TPSA) is 135 Å². The van der Waals surface area contributed by atoms with Crippen LogP contribution in [0, 0.1) is 24.4 Å². The van der Waals surface area contributed by atoms with E-state index in [0.717, 1.165) is 11.8 Å². The van der Waals surface area contributed by atoms with Crippen molar-refractivity contribution in [3.8, 4) is 0 Å². The molecule has 1 rings (SSSR count). The first-order chi connectivity index (χ1) is 8.20. The molecule has 0 bridgehead atoms. The van der Waals surface area contributed by atoms with Crippen molar-refractivity contribution in [1.29, 1.82) is 0 Å². The maximum Gasteiger partial charge on any atom is 1.00 e. The summed E-state index contributed by atoms with van der Waals surface area (Å²) in [7, 11) is -5.74. The SMILES string of the molecule is CC1CCC(C(C)[CH-]O)C1.O=[P+](O)O.O=[P+](O)O.[Na+].[Na+]. The van der Waals surface area contributed by atoms with Gasteiger partial charge in [-0.15, -0.1) is 25.5 Å². The molecule has 0 spiro atoms. The number of hydrogen-bond donors (Lipinski definition) is 5. The molecule has 1 saturated carbocycles. The van der Waals surface area contributed by atoms with Crippen LogP contribution in [-0.4, -0.2) is 24.7 Å². The zero-order valence-electron chi connectivity index (χ0n) is 12.4. The van der Waals surface area contributed by atoms with Crippen LogP contribution in [0.15, 0.2) is 0 Å². The van der Waals surface area contributed by atoms with Crippen molar-refractivity contribution < 1.29 is 92.9 Å². The molecule has 1 aliphatic carbocycles. The summed E-state index contributed by atoms with van der Waals surface area (Å²) >= 11 is 0. The molecule has 0 radical (unpaired) electrons. The van der Waals surface area contributed by atoms with E-state index >= 15 is 0 Å². The summed E-state index contributed by atoms with van der Waals surface area (Å²) in [6, 6.07) is 0. The minimum Gasteiger partial charge on any atom is -0.566 e. The van der Waals surface area contributed by atoms with Crippen LogP contribution >= 0.6 is 16.5 Å². The Balaban J connectivity index is -0.000000110. The van der Waals surface area contributed by atoms with Gasteiger partial charge in [0.05, 0.1) is 0 Å². The molecule has 0 aromatic carbocycles. The van der Waals surface area contributed by atoms with Gasteiger partial charge < -0.3 is 5.11 Å². The first-order valence-corrected chi connectivity index (χ1v) is 7.71. The Morgan fingerprint density at radius 3 is 1.60 bits per heavy atom. The molecule has 7 nitrogen and oxygen atoms in total. The average Bonchev–Trinajstić information content (AvgIpc) is 2.62. The maximum absolute atomic E-state index is 8.76. The van der Waals surface area contributed by atoms with E-state index in [0.29, 0.717) is 5.92 Å². The van der Waals surface area contributed by atoms with Crippen molar-refractivity contribution in [2.24, 2.45) is 17.8 Å². The largest absolute Gasteiger partial charge is 1.00 e.